The second kappa shape index (κ2) is 4.26. The highest BCUT2D eigenvalue weighted by atomic mass is 15.5. The van der Waals surface area contributed by atoms with E-state index in [-0.39, 0.29) is 18.7 Å². The maximum atomic E-state index is 5.89. The molecule has 0 bridgehead atoms. The molecular weight excluding hydrogens is 190 g/mol. The van der Waals surface area contributed by atoms with Crippen molar-refractivity contribution >= 4 is 0 Å². The summed E-state index contributed by atoms with van der Waals surface area (Å²) < 4.78 is 0. The Hall–Kier alpha value is -0.980. The molecule has 2 atom stereocenters. The molecule has 0 aromatic heterocycles. The zero-order valence-corrected chi connectivity index (χ0v) is 8.72. The van der Waals surface area contributed by atoms with Gasteiger partial charge < -0.3 is 11.5 Å². The van der Waals surface area contributed by atoms with E-state index in [0.29, 0.717) is 0 Å². The summed E-state index contributed by atoms with van der Waals surface area (Å²) in [6.45, 7) is 0. The van der Waals surface area contributed by atoms with E-state index in [9.17, 15) is 0 Å². The first-order valence-corrected chi connectivity index (χ1v) is 4.98. The quantitative estimate of drug-likeness (QED) is 0.489. The number of nitrogens with two attached hydrogens (primary N) is 2. The van der Waals surface area contributed by atoms with Gasteiger partial charge in [-0.15, -0.1) is 0 Å². The normalized spacial score (nSPS) is 32.9. The largest absolute Gasteiger partial charge is 0.303 e. The second-order valence-corrected chi connectivity index (χ2v) is 3.73. The van der Waals surface area contributed by atoms with E-state index in [1.807, 2.05) is 42.3 Å². The van der Waals surface area contributed by atoms with Crippen LogP contribution in [0.15, 0.2) is 30.3 Å². The van der Waals surface area contributed by atoms with Crippen LogP contribution >= 0.6 is 0 Å². The number of nitrogens with one attached hydrogen (secondary N) is 2. The van der Waals surface area contributed by atoms with Gasteiger partial charge in [0.1, 0.15) is 12.6 Å². The van der Waals surface area contributed by atoms with Gasteiger partial charge in [-0.25, -0.2) is 0 Å². The van der Waals surface area contributed by atoms with Crippen LogP contribution < -0.4 is 22.1 Å². The molecule has 2 rings (SSSR count). The summed E-state index contributed by atoms with van der Waals surface area (Å²) in [5.74, 6) is 0. The number of hydrogen-bond acceptors (Lipinski definition) is 5. The third kappa shape index (κ3) is 2.17. The molecule has 1 aliphatic heterocycles. The molecule has 1 aromatic carbocycles. The Morgan fingerprint density at radius 3 is 2.13 bits per heavy atom. The maximum absolute atomic E-state index is 5.89. The topological polar surface area (TPSA) is 79.3 Å². The van der Waals surface area contributed by atoms with Gasteiger partial charge in [-0.2, -0.15) is 0 Å². The first-order valence-electron chi connectivity index (χ1n) is 4.98. The van der Waals surface area contributed by atoms with Crippen LogP contribution in [0.2, 0.25) is 0 Å². The Kier molecular flexibility index (Phi) is 2.99. The van der Waals surface area contributed by atoms with Crippen LogP contribution in [0.5, 0.6) is 0 Å². The minimum Gasteiger partial charge on any atom is -0.303 e. The zero-order chi connectivity index (χ0) is 10.8. The van der Waals surface area contributed by atoms with Crippen molar-refractivity contribution in [1.29, 1.82) is 0 Å². The molecule has 2 unspecified atom stereocenters. The Labute approximate surface area is 89.4 Å². The van der Waals surface area contributed by atoms with Gasteiger partial charge in [-0.3, -0.25) is 15.5 Å². The molecular formula is C10H17N5. The zero-order valence-electron chi connectivity index (χ0n) is 8.72. The van der Waals surface area contributed by atoms with E-state index in [4.69, 9.17) is 11.5 Å². The summed E-state index contributed by atoms with van der Waals surface area (Å²) in [7, 11) is 1.87. The SMILES string of the molecule is CN1C(N)NC(c2ccccc2)NC1N. The number of benzene rings is 1. The maximum Gasteiger partial charge on any atom is 0.115 e. The van der Waals surface area contributed by atoms with Crippen molar-refractivity contribution < 1.29 is 0 Å². The summed E-state index contributed by atoms with van der Waals surface area (Å²) in [4.78, 5) is 1.83. The predicted molar refractivity (Wildman–Crippen MR) is 59.2 cm³/mol. The minimum absolute atomic E-state index is 0.00685. The molecule has 0 aliphatic carbocycles. The molecule has 6 N–H and O–H groups in total. The van der Waals surface area contributed by atoms with E-state index >= 15 is 0 Å². The fourth-order valence-corrected chi connectivity index (χ4v) is 1.64. The van der Waals surface area contributed by atoms with Gasteiger partial charge >= 0.3 is 0 Å². The molecule has 5 nitrogen and oxygen atoms in total. The molecule has 1 fully saturated rings. The molecule has 15 heavy (non-hydrogen) atoms. The third-order valence-corrected chi connectivity index (χ3v) is 2.69. The third-order valence-electron chi connectivity index (χ3n) is 2.69. The molecule has 5 heteroatoms. The molecule has 1 aromatic rings. The van der Waals surface area contributed by atoms with Crippen molar-refractivity contribution in [2.45, 2.75) is 18.7 Å². The average Bonchev–Trinajstić information content (AvgIpc) is 2.26. The molecule has 0 saturated carbocycles. The molecule has 0 radical (unpaired) electrons. The van der Waals surface area contributed by atoms with Crippen LogP contribution in [0.25, 0.3) is 0 Å². The van der Waals surface area contributed by atoms with Crippen molar-refractivity contribution in [3.8, 4) is 0 Å². The summed E-state index contributed by atoms with van der Waals surface area (Å²) >= 11 is 0. The van der Waals surface area contributed by atoms with Crippen molar-refractivity contribution in [3.05, 3.63) is 35.9 Å². The van der Waals surface area contributed by atoms with Gasteiger partial charge in [-0.05, 0) is 12.6 Å². The number of nitrogens with zero attached hydrogens (tertiary/aromatic N) is 1. The fourth-order valence-electron chi connectivity index (χ4n) is 1.64. The van der Waals surface area contributed by atoms with Crippen molar-refractivity contribution in [3.63, 3.8) is 0 Å². The Morgan fingerprint density at radius 2 is 1.60 bits per heavy atom. The van der Waals surface area contributed by atoms with Crippen LogP contribution in [0.3, 0.4) is 0 Å². The van der Waals surface area contributed by atoms with E-state index in [0.717, 1.165) is 5.56 Å². The molecule has 1 saturated heterocycles. The highest BCUT2D eigenvalue weighted by molar-refractivity contribution is 5.19. The first kappa shape index (κ1) is 10.5. The lowest BCUT2D eigenvalue weighted by Gasteiger charge is -2.41. The van der Waals surface area contributed by atoms with Gasteiger partial charge in [0.2, 0.25) is 0 Å². The number of rotatable bonds is 1. The highest BCUT2D eigenvalue weighted by Crippen LogP contribution is 2.14. The average molecular weight is 207 g/mol. The number of hydrogen-bond donors (Lipinski definition) is 4. The second-order valence-electron chi connectivity index (χ2n) is 3.73. The van der Waals surface area contributed by atoms with E-state index in [1.54, 1.807) is 0 Å². The van der Waals surface area contributed by atoms with Gasteiger partial charge in [0, 0.05) is 0 Å². The van der Waals surface area contributed by atoms with Gasteiger partial charge in [-0.1, -0.05) is 30.3 Å². The summed E-state index contributed by atoms with van der Waals surface area (Å²) in [6, 6.07) is 10.0. The smallest absolute Gasteiger partial charge is 0.115 e. The van der Waals surface area contributed by atoms with Gasteiger partial charge in [0.25, 0.3) is 0 Å². The van der Waals surface area contributed by atoms with Crippen molar-refractivity contribution in [1.82, 2.24) is 15.5 Å². The lowest BCUT2D eigenvalue weighted by atomic mass is 10.1. The molecule has 1 aliphatic rings. The fraction of sp³-hybridized carbons (Fsp3) is 0.400. The summed E-state index contributed by atoms with van der Waals surface area (Å²) in [5.41, 5.74) is 12.9. The van der Waals surface area contributed by atoms with Crippen LogP contribution in [-0.2, 0) is 0 Å². The summed E-state index contributed by atoms with van der Waals surface area (Å²) in [6.07, 6.45) is -0.453. The van der Waals surface area contributed by atoms with Gasteiger partial charge in [0.05, 0.1) is 6.17 Å². The van der Waals surface area contributed by atoms with Crippen LogP contribution in [0.4, 0.5) is 0 Å². The lowest BCUT2D eigenvalue weighted by Crippen LogP contribution is -2.69. The molecule has 0 amide bonds. The van der Waals surface area contributed by atoms with Gasteiger partial charge in [0.15, 0.2) is 0 Å². The first-order chi connectivity index (χ1) is 7.18. The van der Waals surface area contributed by atoms with E-state index in [1.165, 1.54) is 0 Å². The standard InChI is InChI=1S/C10H17N5/c1-15-9(11)13-8(14-10(15)12)7-5-3-2-4-6-7/h2-6,8-10,13-14H,11-12H2,1H3. The molecule has 0 spiro atoms. The Bertz CT molecular complexity index is 303. The molecule has 82 valence electrons. The Morgan fingerprint density at radius 1 is 1.07 bits per heavy atom. The van der Waals surface area contributed by atoms with Crippen LogP contribution in [0, 0.1) is 0 Å². The molecule has 1 heterocycles. The van der Waals surface area contributed by atoms with Crippen molar-refractivity contribution in [2.75, 3.05) is 7.05 Å². The van der Waals surface area contributed by atoms with Crippen LogP contribution in [0.1, 0.15) is 11.7 Å². The summed E-state index contributed by atoms with van der Waals surface area (Å²) in [5, 5.41) is 6.45. The lowest BCUT2D eigenvalue weighted by molar-refractivity contribution is 0.0502. The van der Waals surface area contributed by atoms with Crippen molar-refractivity contribution in [2.24, 2.45) is 11.5 Å². The highest BCUT2D eigenvalue weighted by Gasteiger charge is 2.27. The van der Waals surface area contributed by atoms with Crippen LogP contribution in [-0.4, -0.2) is 24.5 Å². The Balaban J connectivity index is 2.13. The van der Waals surface area contributed by atoms with E-state index < -0.39 is 0 Å². The van der Waals surface area contributed by atoms with E-state index in [2.05, 4.69) is 10.6 Å². The minimum atomic E-state index is -0.230. The monoisotopic (exact) mass is 207 g/mol. The predicted octanol–water partition coefficient (Wildman–Crippen LogP) is -0.706.